The minimum atomic E-state index is -0.795. The van der Waals surface area contributed by atoms with E-state index in [1.807, 2.05) is 4.68 Å². The van der Waals surface area contributed by atoms with E-state index in [1.54, 1.807) is 6.92 Å². The second kappa shape index (κ2) is 6.72. The molecule has 6 heteroatoms. The Kier molecular flexibility index (Phi) is 4.68. The van der Waals surface area contributed by atoms with E-state index < -0.39 is 17.9 Å². The van der Waals surface area contributed by atoms with E-state index in [0.29, 0.717) is 37.6 Å². The molecule has 0 spiro atoms. The molecule has 0 radical (unpaired) electrons. The molecule has 0 aliphatic heterocycles. The van der Waals surface area contributed by atoms with Gasteiger partial charge in [-0.25, -0.2) is 4.79 Å². The Balaban J connectivity index is 1.97. The number of aromatic nitrogens is 2. The van der Waals surface area contributed by atoms with Gasteiger partial charge in [0.15, 0.2) is 5.69 Å². The van der Waals surface area contributed by atoms with Crippen molar-refractivity contribution in [3.8, 4) is 0 Å². The van der Waals surface area contributed by atoms with Gasteiger partial charge >= 0.3 is 11.9 Å². The molecule has 1 N–H and O–H groups in total. The summed E-state index contributed by atoms with van der Waals surface area (Å²) in [6, 6.07) is 0.335. The molecule has 3 rings (SSSR count). The zero-order valence-corrected chi connectivity index (χ0v) is 13.6. The van der Waals surface area contributed by atoms with E-state index in [1.165, 1.54) is 19.3 Å². The highest BCUT2D eigenvalue weighted by molar-refractivity contribution is 5.89. The highest BCUT2D eigenvalue weighted by Crippen LogP contribution is 2.35. The number of nitrogens with zero attached hydrogens (tertiary/aromatic N) is 2. The second-order valence-electron chi connectivity index (χ2n) is 6.51. The van der Waals surface area contributed by atoms with Crippen LogP contribution in [0, 0.1) is 5.92 Å². The van der Waals surface area contributed by atoms with Gasteiger partial charge in [0.05, 0.1) is 18.6 Å². The second-order valence-corrected chi connectivity index (χ2v) is 6.51. The minimum absolute atomic E-state index is 0.298. The maximum absolute atomic E-state index is 12.2. The predicted octanol–water partition coefficient (Wildman–Crippen LogP) is 2.75. The van der Waals surface area contributed by atoms with Crippen molar-refractivity contribution in [3.05, 3.63) is 17.0 Å². The summed E-state index contributed by atoms with van der Waals surface area (Å²) in [5.74, 6) is -1.65. The number of aliphatic carboxylic acids is 1. The first-order chi connectivity index (χ1) is 11.1. The van der Waals surface area contributed by atoms with Crippen molar-refractivity contribution >= 4 is 11.9 Å². The number of esters is 1. The Morgan fingerprint density at radius 1 is 1.26 bits per heavy atom. The lowest BCUT2D eigenvalue weighted by Gasteiger charge is -2.26. The van der Waals surface area contributed by atoms with Crippen molar-refractivity contribution < 1.29 is 19.4 Å². The molecule has 0 bridgehead atoms. The normalized spacial score (nSPS) is 21.7. The van der Waals surface area contributed by atoms with E-state index in [9.17, 15) is 14.7 Å². The first kappa shape index (κ1) is 16.0. The van der Waals surface area contributed by atoms with Crippen LogP contribution in [0.25, 0.3) is 0 Å². The number of carbonyl (C=O) groups excluding carboxylic acids is 1. The van der Waals surface area contributed by atoms with Gasteiger partial charge in [-0.2, -0.15) is 5.10 Å². The average molecular weight is 320 g/mol. The highest BCUT2D eigenvalue weighted by atomic mass is 16.5. The molecule has 0 saturated heterocycles. The van der Waals surface area contributed by atoms with Crippen LogP contribution in [0.5, 0.6) is 0 Å². The molecule has 1 atom stereocenters. The molecule has 1 heterocycles. The Morgan fingerprint density at radius 3 is 2.65 bits per heavy atom. The Labute approximate surface area is 135 Å². The smallest absolute Gasteiger partial charge is 0.359 e. The summed E-state index contributed by atoms with van der Waals surface area (Å²) >= 11 is 0. The van der Waals surface area contributed by atoms with Crippen molar-refractivity contribution in [2.45, 2.75) is 64.3 Å². The van der Waals surface area contributed by atoms with Crippen LogP contribution in [-0.4, -0.2) is 33.4 Å². The number of carbonyl (C=O) groups is 2. The zero-order valence-electron chi connectivity index (χ0n) is 13.6. The Bertz CT molecular complexity index is 602. The fourth-order valence-electron chi connectivity index (χ4n) is 3.84. The Hall–Kier alpha value is -1.85. The monoisotopic (exact) mass is 320 g/mol. The lowest BCUT2D eigenvalue weighted by atomic mass is 9.86. The average Bonchev–Trinajstić information content (AvgIpc) is 2.94. The number of carboxylic acid groups (broad SMARTS) is 1. The summed E-state index contributed by atoms with van der Waals surface area (Å²) in [7, 11) is 0. The molecule has 2 aliphatic carbocycles. The number of ether oxygens (including phenoxy) is 1. The van der Waals surface area contributed by atoms with E-state index in [0.717, 1.165) is 24.1 Å². The van der Waals surface area contributed by atoms with Gasteiger partial charge in [0, 0.05) is 11.3 Å². The standard InChI is InChI=1S/C17H24N2O4/c1-2-23-17(22)15-13-10-11(16(20)21)8-9-14(13)19(18-15)12-6-4-3-5-7-12/h11-12H,2-10H2,1H3,(H,20,21). The summed E-state index contributed by atoms with van der Waals surface area (Å²) in [5, 5.41) is 13.9. The quantitative estimate of drug-likeness (QED) is 0.863. The molecule has 1 fully saturated rings. The molecular weight excluding hydrogens is 296 g/mol. The van der Waals surface area contributed by atoms with Crippen molar-refractivity contribution in [1.82, 2.24) is 9.78 Å². The zero-order chi connectivity index (χ0) is 16.4. The number of fused-ring (bicyclic) bond motifs is 1. The van der Waals surface area contributed by atoms with E-state index in [4.69, 9.17) is 4.74 Å². The molecular formula is C17H24N2O4. The highest BCUT2D eigenvalue weighted by Gasteiger charge is 2.34. The molecule has 0 aromatic carbocycles. The van der Waals surface area contributed by atoms with Crippen LogP contribution < -0.4 is 0 Å². The van der Waals surface area contributed by atoms with Crippen LogP contribution in [0.3, 0.4) is 0 Å². The van der Waals surface area contributed by atoms with Gasteiger partial charge in [-0.3, -0.25) is 9.48 Å². The Morgan fingerprint density at radius 2 is 2.00 bits per heavy atom. The van der Waals surface area contributed by atoms with Crippen LogP contribution in [0.2, 0.25) is 0 Å². The summed E-state index contributed by atoms with van der Waals surface area (Å²) in [5.41, 5.74) is 2.18. The molecule has 126 valence electrons. The van der Waals surface area contributed by atoms with Crippen molar-refractivity contribution in [1.29, 1.82) is 0 Å². The van der Waals surface area contributed by atoms with Crippen LogP contribution in [0.4, 0.5) is 0 Å². The SMILES string of the molecule is CCOC(=O)c1nn(C2CCCCC2)c2c1CC(C(=O)O)CC2. The van der Waals surface area contributed by atoms with Crippen LogP contribution >= 0.6 is 0 Å². The third-order valence-corrected chi connectivity index (χ3v) is 5.04. The molecule has 1 aromatic heterocycles. The summed E-state index contributed by atoms with van der Waals surface area (Å²) < 4.78 is 7.14. The van der Waals surface area contributed by atoms with Gasteiger partial charge in [-0.1, -0.05) is 19.3 Å². The lowest BCUT2D eigenvalue weighted by molar-refractivity contribution is -0.142. The summed E-state index contributed by atoms with van der Waals surface area (Å²) in [6.07, 6.45) is 7.46. The van der Waals surface area contributed by atoms with Gasteiger partial charge < -0.3 is 9.84 Å². The number of carboxylic acids is 1. The molecule has 2 aliphatic rings. The predicted molar refractivity (Wildman–Crippen MR) is 83.5 cm³/mol. The van der Waals surface area contributed by atoms with Crippen LogP contribution in [-0.2, 0) is 22.4 Å². The van der Waals surface area contributed by atoms with Gasteiger partial charge in [-0.05, 0) is 39.0 Å². The van der Waals surface area contributed by atoms with Gasteiger partial charge in [0.2, 0.25) is 0 Å². The topological polar surface area (TPSA) is 81.4 Å². The van der Waals surface area contributed by atoms with E-state index >= 15 is 0 Å². The molecule has 1 saturated carbocycles. The fraction of sp³-hybridized carbons (Fsp3) is 0.706. The summed E-state index contributed by atoms with van der Waals surface area (Å²) in [6.45, 7) is 2.06. The first-order valence-electron chi connectivity index (χ1n) is 8.62. The lowest BCUT2D eigenvalue weighted by Crippen LogP contribution is -2.25. The maximum atomic E-state index is 12.2. The molecule has 23 heavy (non-hydrogen) atoms. The summed E-state index contributed by atoms with van der Waals surface area (Å²) in [4.78, 5) is 23.6. The van der Waals surface area contributed by atoms with E-state index in [-0.39, 0.29) is 0 Å². The molecule has 0 amide bonds. The number of rotatable bonds is 4. The van der Waals surface area contributed by atoms with Gasteiger partial charge in [0.25, 0.3) is 0 Å². The van der Waals surface area contributed by atoms with Crippen molar-refractivity contribution in [2.75, 3.05) is 6.61 Å². The largest absolute Gasteiger partial charge is 0.481 e. The number of hydrogen-bond acceptors (Lipinski definition) is 4. The first-order valence-corrected chi connectivity index (χ1v) is 8.62. The van der Waals surface area contributed by atoms with Crippen LogP contribution in [0.1, 0.15) is 73.2 Å². The third kappa shape index (κ3) is 3.12. The third-order valence-electron chi connectivity index (χ3n) is 5.04. The molecule has 1 unspecified atom stereocenters. The van der Waals surface area contributed by atoms with Gasteiger partial charge in [0.1, 0.15) is 0 Å². The maximum Gasteiger partial charge on any atom is 0.359 e. The van der Waals surface area contributed by atoms with E-state index in [2.05, 4.69) is 5.10 Å². The van der Waals surface area contributed by atoms with Crippen molar-refractivity contribution in [3.63, 3.8) is 0 Å². The molecule has 6 nitrogen and oxygen atoms in total. The molecule has 1 aromatic rings. The van der Waals surface area contributed by atoms with Crippen molar-refractivity contribution in [2.24, 2.45) is 5.92 Å². The fourth-order valence-corrected chi connectivity index (χ4v) is 3.84. The van der Waals surface area contributed by atoms with Gasteiger partial charge in [-0.15, -0.1) is 0 Å². The van der Waals surface area contributed by atoms with Crippen LogP contribution in [0.15, 0.2) is 0 Å². The number of hydrogen-bond donors (Lipinski definition) is 1. The minimum Gasteiger partial charge on any atom is -0.481 e.